The Morgan fingerprint density at radius 3 is 1.95 bits per heavy atom. The van der Waals surface area contributed by atoms with Gasteiger partial charge in [0.2, 0.25) is 17.8 Å². The Bertz CT molecular complexity index is 514. The van der Waals surface area contributed by atoms with E-state index in [-0.39, 0.29) is 5.95 Å². The fraction of sp³-hybridized carbons (Fsp3) is 0.714. The maximum atomic E-state index is 12.4. The summed E-state index contributed by atoms with van der Waals surface area (Å²) in [6.07, 6.45) is 3.72. The molecule has 0 saturated heterocycles. The van der Waals surface area contributed by atoms with Gasteiger partial charge in [0, 0.05) is 28.2 Å². The Balaban J connectivity index is 2.22. The first-order valence-electron chi connectivity index (χ1n) is 7.46. The molecule has 2 N–H and O–H groups in total. The molecule has 1 aliphatic carbocycles. The van der Waals surface area contributed by atoms with Crippen LogP contribution < -0.4 is 15.1 Å². The van der Waals surface area contributed by atoms with Crippen molar-refractivity contribution >= 4 is 23.8 Å². The minimum Gasteiger partial charge on any atom is -0.380 e. The summed E-state index contributed by atoms with van der Waals surface area (Å²) >= 11 is 0. The molecule has 1 saturated carbocycles. The molecule has 22 heavy (non-hydrogen) atoms. The molecule has 1 heterocycles. The van der Waals surface area contributed by atoms with Gasteiger partial charge in [-0.05, 0) is 12.8 Å². The molecule has 1 aromatic heterocycles. The second kappa shape index (κ2) is 6.43. The molecule has 0 aliphatic heterocycles. The van der Waals surface area contributed by atoms with E-state index < -0.39 is 11.5 Å². The third kappa shape index (κ3) is 3.62. The monoisotopic (exact) mass is 308 g/mol. The van der Waals surface area contributed by atoms with Crippen molar-refractivity contribution in [3.05, 3.63) is 0 Å². The summed E-state index contributed by atoms with van der Waals surface area (Å²) in [5.74, 6) is 0.619. The molecule has 122 valence electrons. The molecular weight excluding hydrogens is 284 g/mol. The summed E-state index contributed by atoms with van der Waals surface area (Å²) in [6.45, 7) is 0. The zero-order valence-corrected chi connectivity index (χ0v) is 13.6. The van der Waals surface area contributed by atoms with Crippen molar-refractivity contribution in [2.75, 3.05) is 43.3 Å². The lowest BCUT2D eigenvalue weighted by Gasteiger charge is -2.30. The fourth-order valence-corrected chi connectivity index (χ4v) is 2.39. The van der Waals surface area contributed by atoms with Gasteiger partial charge >= 0.3 is 0 Å². The highest BCUT2D eigenvalue weighted by atomic mass is 16.3. The first-order valence-corrected chi connectivity index (χ1v) is 7.46. The number of aromatic nitrogens is 3. The minimum atomic E-state index is -1.32. The Hall–Kier alpha value is -1.96. The SMILES string of the molecule is CN(C)c1nc(NC(=O)C2(O)CCCCC2)nc(N(C)C)n1. The van der Waals surface area contributed by atoms with Crippen LogP contribution in [0.15, 0.2) is 0 Å². The Labute approximate surface area is 130 Å². The number of nitrogens with one attached hydrogen (secondary N) is 1. The summed E-state index contributed by atoms with van der Waals surface area (Å²) in [4.78, 5) is 28.6. The summed E-state index contributed by atoms with van der Waals surface area (Å²) in [6, 6.07) is 0. The molecule has 0 spiro atoms. The van der Waals surface area contributed by atoms with Gasteiger partial charge < -0.3 is 14.9 Å². The third-order valence-electron chi connectivity index (χ3n) is 3.74. The van der Waals surface area contributed by atoms with Crippen LogP contribution in [0.25, 0.3) is 0 Å². The van der Waals surface area contributed by atoms with Crippen LogP contribution in [0.4, 0.5) is 17.8 Å². The van der Waals surface area contributed by atoms with Crippen LogP contribution in [-0.4, -0.2) is 59.8 Å². The van der Waals surface area contributed by atoms with Crippen LogP contribution in [0, 0.1) is 0 Å². The van der Waals surface area contributed by atoms with Gasteiger partial charge in [0.25, 0.3) is 5.91 Å². The second-order valence-corrected chi connectivity index (χ2v) is 6.09. The van der Waals surface area contributed by atoms with Crippen molar-refractivity contribution in [1.29, 1.82) is 0 Å². The average Bonchev–Trinajstić information content (AvgIpc) is 2.47. The number of amides is 1. The molecule has 0 radical (unpaired) electrons. The molecule has 8 nitrogen and oxygen atoms in total. The van der Waals surface area contributed by atoms with Crippen molar-refractivity contribution in [3.63, 3.8) is 0 Å². The van der Waals surface area contributed by atoms with E-state index in [1.54, 1.807) is 9.80 Å². The molecule has 1 aliphatic rings. The number of hydrogen-bond acceptors (Lipinski definition) is 7. The van der Waals surface area contributed by atoms with E-state index in [9.17, 15) is 9.90 Å². The molecular formula is C14H24N6O2. The second-order valence-electron chi connectivity index (χ2n) is 6.09. The predicted octanol–water partition coefficient (Wildman–Crippen LogP) is 0.637. The van der Waals surface area contributed by atoms with Gasteiger partial charge in [-0.15, -0.1) is 0 Å². The minimum absolute atomic E-state index is 0.159. The van der Waals surface area contributed by atoms with E-state index >= 15 is 0 Å². The van der Waals surface area contributed by atoms with Gasteiger partial charge in [-0.2, -0.15) is 15.0 Å². The molecule has 1 aromatic rings. The van der Waals surface area contributed by atoms with Crippen molar-refractivity contribution in [2.45, 2.75) is 37.7 Å². The van der Waals surface area contributed by atoms with Crippen molar-refractivity contribution < 1.29 is 9.90 Å². The molecule has 0 aromatic carbocycles. The topological polar surface area (TPSA) is 94.5 Å². The Morgan fingerprint density at radius 1 is 1.00 bits per heavy atom. The van der Waals surface area contributed by atoms with E-state index in [4.69, 9.17) is 0 Å². The van der Waals surface area contributed by atoms with Crippen LogP contribution in [0.2, 0.25) is 0 Å². The highest BCUT2D eigenvalue weighted by molar-refractivity contribution is 5.96. The Morgan fingerprint density at radius 2 is 1.50 bits per heavy atom. The van der Waals surface area contributed by atoms with E-state index in [1.165, 1.54) is 0 Å². The maximum Gasteiger partial charge on any atom is 0.258 e. The quantitative estimate of drug-likeness (QED) is 0.842. The largest absolute Gasteiger partial charge is 0.380 e. The molecule has 0 bridgehead atoms. The summed E-state index contributed by atoms with van der Waals surface area (Å²) in [5.41, 5.74) is -1.32. The summed E-state index contributed by atoms with van der Waals surface area (Å²) < 4.78 is 0. The zero-order chi connectivity index (χ0) is 16.3. The van der Waals surface area contributed by atoms with E-state index in [1.807, 2.05) is 28.2 Å². The van der Waals surface area contributed by atoms with Crippen LogP contribution in [-0.2, 0) is 4.79 Å². The van der Waals surface area contributed by atoms with Crippen LogP contribution in [0.5, 0.6) is 0 Å². The van der Waals surface area contributed by atoms with Crippen molar-refractivity contribution in [3.8, 4) is 0 Å². The first kappa shape index (κ1) is 16.4. The predicted molar refractivity (Wildman–Crippen MR) is 85.1 cm³/mol. The number of aliphatic hydroxyl groups is 1. The maximum absolute atomic E-state index is 12.4. The summed E-state index contributed by atoms with van der Waals surface area (Å²) in [7, 11) is 7.26. The molecule has 1 fully saturated rings. The smallest absolute Gasteiger partial charge is 0.258 e. The number of carbonyl (C=O) groups excluding carboxylic acids is 1. The highest BCUT2D eigenvalue weighted by Gasteiger charge is 2.37. The van der Waals surface area contributed by atoms with Gasteiger partial charge in [0.15, 0.2) is 0 Å². The number of anilines is 3. The normalized spacial score (nSPS) is 17.0. The van der Waals surface area contributed by atoms with Gasteiger partial charge in [0.05, 0.1) is 0 Å². The lowest BCUT2D eigenvalue weighted by molar-refractivity contribution is -0.137. The van der Waals surface area contributed by atoms with Gasteiger partial charge in [0.1, 0.15) is 5.60 Å². The van der Waals surface area contributed by atoms with Crippen LogP contribution in [0.3, 0.4) is 0 Å². The fourth-order valence-electron chi connectivity index (χ4n) is 2.39. The van der Waals surface area contributed by atoms with Crippen molar-refractivity contribution in [1.82, 2.24) is 15.0 Å². The number of nitrogens with zero attached hydrogens (tertiary/aromatic N) is 5. The number of carbonyl (C=O) groups is 1. The highest BCUT2D eigenvalue weighted by Crippen LogP contribution is 2.29. The lowest BCUT2D eigenvalue weighted by Crippen LogP contribution is -2.44. The van der Waals surface area contributed by atoms with Crippen LogP contribution in [0.1, 0.15) is 32.1 Å². The molecule has 1 amide bonds. The standard InChI is InChI=1S/C14H24N6O2/c1-19(2)12-16-11(17-13(18-12)20(3)4)15-10(21)14(22)8-6-5-7-9-14/h22H,5-9H2,1-4H3,(H,15,16,17,18,21). The van der Waals surface area contributed by atoms with Gasteiger partial charge in [-0.25, -0.2) is 0 Å². The summed E-state index contributed by atoms with van der Waals surface area (Å²) in [5, 5.41) is 13.1. The van der Waals surface area contributed by atoms with E-state index in [2.05, 4.69) is 20.3 Å². The average molecular weight is 308 g/mol. The Kier molecular flexibility index (Phi) is 4.80. The van der Waals surface area contributed by atoms with E-state index in [0.717, 1.165) is 19.3 Å². The third-order valence-corrected chi connectivity index (χ3v) is 3.74. The first-order chi connectivity index (χ1) is 10.3. The molecule has 2 rings (SSSR count). The van der Waals surface area contributed by atoms with Crippen molar-refractivity contribution in [2.24, 2.45) is 0 Å². The molecule has 8 heteroatoms. The number of rotatable bonds is 4. The lowest BCUT2D eigenvalue weighted by atomic mass is 9.84. The molecule has 0 atom stereocenters. The zero-order valence-electron chi connectivity index (χ0n) is 13.6. The van der Waals surface area contributed by atoms with Gasteiger partial charge in [-0.3, -0.25) is 10.1 Å². The van der Waals surface area contributed by atoms with Crippen LogP contribution >= 0.6 is 0 Å². The van der Waals surface area contributed by atoms with Gasteiger partial charge in [-0.1, -0.05) is 19.3 Å². The number of hydrogen-bond donors (Lipinski definition) is 2. The van der Waals surface area contributed by atoms with E-state index in [0.29, 0.717) is 24.7 Å². The molecule has 0 unspecified atom stereocenters.